The van der Waals surface area contributed by atoms with Crippen molar-refractivity contribution in [2.75, 3.05) is 12.4 Å². The van der Waals surface area contributed by atoms with Crippen molar-refractivity contribution in [3.05, 3.63) is 65.4 Å². The van der Waals surface area contributed by atoms with Crippen molar-refractivity contribution >= 4 is 23.3 Å². The summed E-state index contributed by atoms with van der Waals surface area (Å²) in [6.07, 6.45) is 1.23. The molecule has 2 N–H and O–H groups in total. The molecule has 1 heterocycles. The van der Waals surface area contributed by atoms with E-state index >= 15 is 0 Å². The first-order chi connectivity index (χ1) is 12.6. The molecule has 0 radical (unpaired) electrons. The second-order valence-corrected chi connectivity index (χ2v) is 5.50. The van der Waals surface area contributed by atoms with Gasteiger partial charge in [-0.15, -0.1) is 0 Å². The summed E-state index contributed by atoms with van der Waals surface area (Å²) in [4.78, 5) is 20.3. The zero-order valence-electron chi connectivity index (χ0n) is 13.6. The molecule has 0 saturated heterocycles. The first kappa shape index (κ1) is 17.5. The number of hydrogen-bond donors (Lipinski definition) is 2. The maximum Gasteiger partial charge on any atom is 0.256 e. The van der Waals surface area contributed by atoms with Crippen LogP contribution in [-0.4, -0.2) is 28.1 Å². The van der Waals surface area contributed by atoms with E-state index in [1.807, 2.05) is 0 Å². The number of nitrogens with one attached hydrogen (secondary N) is 1. The number of rotatable bonds is 5. The van der Waals surface area contributed by atoms with Crippen molar-refractivity contribution in [1.82, 2.24) is 9.97 Å². The van der Waals surface area contributed by atoms with Gasteiger partial charge in [0.15, 0.2) is 5.82 Å². The minimum Gasteiger partial charge on any atom is -0.508 e. The van der Waals surface area contributed by atoms with Crippen LogP contribution in [-0.2, 0) is 0 Å². The fraction of sp³-hybridized carbons (Fsp3) is 0.0556. The SMILES string of the molecule is COc1ccc(C(=O)Nc2ncnc(Oc3ccc(O)cc3)c2Cl)cc1. The van der Waals surface area contributed by atoms with Crippen LogP contribution in [0.15, 0.2) is 54.9 Å². The van der Waals surface area contributed by atoms with Gasteiger partial charge in [-0.05, 0) is 48.5 Å². The van der Waals surface area contributed by atoms with Crippen LogP contribution in [0, 0.1) is 0 Å². The summed E-state index contributed by atoms with van der Waals surface area (Å²) in [7, 11) is 1.55. The molecule has 0 bridgehead atoms. The van der Waals surface area contributed by atoms with E-state index in [1.165, 1.54) is 18.5 Å². The van der Waals surface area contributed by atoms with Gasteiger partial charge in [-0.25, -0.2) is 4.98 Å². The summed E-state index contributed by atoms with van der Waals surface area (Å²) < 4.78 is 10.6. The number of carbonyl (C=O) groups excluding carboxylic acids is 1. The van der Waals surface area contributed by atoms with Crippen molar-refractivity contribution in [3.8, 4) is 23.1 Å². The van der Waals surface area contributed by atoms with Gasteiger partial charge < -0.3 is 19.9 Å². The van der Waals surface area contributed by atoms with Crippen molar-refractivity contribution in [3.63, 3.8) is 0 Å². The molecule has 1 aromatic heterocycles. The molecular weight excluding hydrogens is 358 g/mol. The number of halogens is 1. The van der Waals surface area contributed by atoms with Gasteiger partial charge in [0, 0.05) is 5.56 Å². The highest BCUT2D eigenvalue weighted by atomic mass is 35.5. The molecule has 3 aromatic rings. The van der Waals surface area contributed by atoms with Gasteiger partial charge in [0.25, 0.3) is 5.91 Å². The van der Waals surface area contributed by atoms with Crippen LogP contribution in [0.1, 0.15) is 10.4 Å². The van der Waals surface area contributed by atoms with Gasteiger partial charge >= 0.3 is 0 Å². The minimum absolute atomic E-state index is 0.0578. The third-order valence-electron chi connectivity index (χ3n) is 3.39. The van der Waals surface area contributed by atoms with Crippen LogP contribution in [0.3, 0.4) is 0 Å². The van der Waals surface area contributed by atoms with Crippen molar-refractivity contribution < 1.29 is 19.4 Å². The maximum absolute atomic E-state index is 12.3. The predicted molar refractivity (Wildman–Crippen MR) is 96.2 cm³/mol. The minimum atomic E-state index is -0.385. The van der Waals surface area contributed by atoms with Gasteiger partial charge in [-0.2, -0.15) is 4.98 Å². The van der Waals surface area contributed by atoms with Crippen LogP contribution >= 0.6 is 11.6 Å². The van der Waals surface area contributed by atoms with Crippen molar-refractivity contribution in [2.45, 2.75) is 0 Å². The molecule has 2 aromatic carbocycles. The quantitative estimate of drug-likeness (QED) is 0.706. The molecule has 1 amide bonds. The third-order valence-corrected chi connectivity index (χ3v) is 3.73. The number of phenols is 1. The molecule has 132 valence electrons. The van der Waals surface area contributed by atoms with Gasteiger partial charge in [0.2, 0.25) is 5.88 Å². The first-order valence-corrected chi connectivity index (χ1v) is 7.87. The number of benzene rings is 2. The molecule has 0 atom stereocenters. The average molecular weight is 372 g/mol. The zero-order valence-corrected chi connectivity index (χ0v) is 14.4. The fourth-order valence-electron chi connectivity index (χ4n) is 2.06. The molecule has 7 nitrogen and oxygen atoms in total. The Morgan fingerprint density at radius 1 is 1.04 bits per heavy atom. The molecule has 8 heteroatoms. The molecule has 3 rings (SSSR count). The number of aromatic hydroxyl groups is 1. The monoisotopic (exact) mass is 371 g/mol. The summed E-state index contributed by atoms with van der Waals surface area (Å²) >= 11 is 6.24. The molecule has 0 fully saturated rings. The lowest BCUT2D eigenvalue weighted by molar-refractivity contribution is 0.102. The van der Waals surface area contributed by atoms with Gasteiger partial charge in [0.05, 0.1) is 7.11 Å². The number of methoxy groups -OCH3 is 1. The second-order valence-electron chi connectivity index (χ2n) is 5.12. The summed E-state index contributed by atoms with van der Waals surface area (Å²) in [5.41, 5.74) is 0.418. The molecular formula is C18H14ClN3O4. The Balaban J connectivity index is 1.77. The number of nitrogens with zero attached hydrogens (tertiary/aromatic N) is 2. The van der Waals surface area contributed by atoms with Crippen molar-refractivity contribution in [1.29, 1.82) is 0 Å². The van der Waals surface area contributed by atoms with E-state index in [2.05, 4.69) is 15.3 Å². The topological polar surface area (TPSA) is 93.6 Å². The number of aromatic nitrogens is 2. The normalized spacial score (nSPS) is 10.2. The number of anilines is 1. The van der Waals surface area contributed by atoms with Gasteiger partial charge in [-0.1, -0.05) is 11.6 Å². The Kier molecular flexibility index (Phi) is 5.19. The number of phenolic OH excluding ortho intramolecular Hbond substituents is 1. The smallest absolute Gasteiger partial charge is 0.256 e. The van der Waals surface area contributed by atoms with Gasteiger partial charge in [0.1, 0.15) is 28.6 Å². The number of carbonyl (C=O) groups is 1. The highest BCUT2D eigenvalue weighted by molar-refractivity contribution is 6.34. The van der Waals surface area contributed by atoms with E-state index in [-0.39, 0.29) is 28.4 Å². The lowest BCUT2D eigenvalue weighted by Crippen LogP contribution is -2.13. The van der Waals surface area contributed by atoms with Crippen LogP contribution in [0.5, 0.6) is 23.1 Å². The first-order valence-electron chi connectivity index (χ1n) is 7.49. The second kappa shape index (κ2) is 7.71. The summed E-state index contributed by atoms with van der Waals surface area (Å²) in [6, 6.07) is 12.7. The maximum atomic E-state index is 12.3. The van der Waals surface area contributed by atoms with Gasteiger partial charge in [-0.3, -0.25) is 4.79 Å². The fourth-order valence-corrected chi connectivity index (χ4v) is 2.24. The number of hydrogen-bond acceptors (Lipinski definition) is 6. The van der Waals surface area contributed by atoms with Crippen molar-refractivity contribution in [2.24, 2.45) is 0 Å². The standard InChI is InChI=1S/C18H14ClN3O4/c1-25-13-6-2-11(3-7-13)17(24)22-16-15(19)18(21-10-20-16)26-14-8-4-12(23)5-9-14/h2-10,23H,1H3,(H,20,21,22,24). The Morgan fingerprint density at radius 3 is 2.35 bits per heavy atom. The molecule has 0 spiro atoms. The lowest BCUT2D eigenvalue weighted by Gasteiger charge is -2.10. The summed E-state index contributed by atoms with van der Waals surface area (Å²) in [5, 5.41) is 12.0. The molecule has 26 heavy (non-hydrogen) atoms. The molecule has 0 aliphatic rings. The Bertz CT molecular complexity index is 915. The van der Waals surface area contributed by atoms with Crippen LogP contribution in [0.2, 0.25) is 5.02 Å². The highest BCUT2D eigenvalue weighted by Crippen LogP contribution is 2.32. The van der Waals surface area contributed by atoms with E-state index < -0.39 is 0 Å². The Morgan fingerprint density at radius 2 is 1.69 bits per heavy atom. The van der Waals surface area contributed by atoms with Crippen LogP contribution in [0.25, 0.3) is 0 Å². The number of amides is 1. The molecule has 0 unspecified atom stereocenters. The van der Waals surface area contributed by atoms with E-state index in [9.17, 15) is 9.90 Å². The van der Waals surface area contributed by atoms with Crippen LogP contribution < -0.4 is 14.8 Å². The third kappa shape index (κ3) is 4.01. The highest BCUT2D eigenvalue weighted by Gasteiger charge is 2.15. The predicted octanol–water partition coefficient (Wildman–Crippen LogP) is 3.89. The average Bonchev–Trinajstić information content (AvgIpc) is 2.66. The number of ether oxygens (including phenoxy) is 2. The van der Waals surface area contributed by atoms with E-state index in [4.69, 9.17) is 21.1 Å². The van der Waals surface area contributed by atoms with E-state index in [0.29, 0.717) is 17.1 Å². The lowest BCUT2D eigenvalue weighted by atomic mass is 10.2. The Labute approximate surface area is 154 Å². The largest absolute Gasteiger partial charge is 0.508 e. The molecule has 0 aliphatic carbocycles. The molecule has 0 aliphatic heterocycles. The summed E-state index contributed by atoms with van der Waals surface area (Å²) in [5.74, 6) is 0.998. The summed E-state index contributed by atoms with van der Waals surface area (Å²) in [6.45, 7) is 0. The zero-order chi connectivity index (χ0) is 18.5. The molecule has 0 saturated carbocycles. The van der Waals surface area contributed by atoms with E-state index in [0.717, 1.165) is 0 Å². The van der Waals surface area contributed by atoms with E-state index in [1.54, 1.807) is 43.5 Å². The Hall–Kier alpha value is -3.32. The van der Waals surface area contributed by atoms with Crippen LogP contribution in [0.4, 0.5) is 5.82 Å².